The molecular formula is C28H29ClN2O6S. The highest BCUT2D eigenvalue weighted by atomic mass is 35.5. The Morgan fingerprint density at radius 3 is 2.61 bits per heavy atom. The van der Waals surface area contributed by atoms with E-state index >= 15 is 0 Å². The van der Waals surface area contributed by atoms with Gasteiger partial charge in [-0.2, -0.15) is 0 Å². The van der Waals surface area contributed by atoms with E-state index in [0.29, 0.717) is 48.5 Å². The van der Waals surface area contributed by atoms with Crippen LogP contribution in [0.4, 0.5) is 0 Å². The Morgan fingerprint density at radius 1 is 1.00 bits per heavy atom. The van der Waals surface area contributed by atoms with Crippen molar-refractivity contribution in [3.63, 3.8) is 0 Å². The van der Waals surface area contributed by atoms with E-state index in [4.69, 9.17) is 30.5 Å². The third kappa shape index (κ3) is 6.98. The first-order chi connectivity index (χ1) is 18.5. The molecule has 5 rings (SSSR count). The Morgan fingerprint density at radius 2 is 1.84 bits per heavy atom. The first-order valence-electron chi connectivity index (χ1n) is 12.5. The minimum absolute atomic E-state index is 0.0708. The van der Waals surface area contributed by atoms with E-state index in [1.165, 1.54) is 0 Å². The number of rotatable bonds is 11. The first-order valence-corrected chi connectivity index (χ1v) is 13.8. The van der Waals surface area contributed by atoms with Crippen LogP contribution in [0, 0.1) is 0 Å². The lowest BCUT2D eigenvalue weighted by Gasteiger charge is -2.29. The number of carbonyl (C=O) groups excluding carboxylic acids is 2. The van der Waals surface area contributed by atoms with Crippen LogP contribution in [0.5, 0.6) is 17.2 Å². The van der Waals surface area contributed by atoms with Gasteiger partial charge in [0.15, 0.2) is 18.1 Å². The average molecular weight is 557 g/mol. The van der Waals surface area contributed by atoms with Gasteiger partial charge in [-0.1, -0.05) is 23.7 Å². The molecule has 1 unspecified atom stereocenters. The van der Waals surface area contributed by atoms with Crippen molar-refractivity contribution in [2.45, 2.75) is 32.0 Å². The van der Waals surface area contributed by atoms with Crippen molar-refractivity contribution >= 4 is 34.8 Å². The van der Waals surface area contributed by atoms with Crippen molar-refractivity contribution in [3.05, 3.63) is 75.4 Å². The number of ether oxygens (including phenoxy) is 4. The molecule has 2 aliphatic rings. The normalized spacial score (nSPS) is 15.9. The van der Waals surface area contributed by atoms with Crippen LogP contribution in [0.25, 0.3) is 0 Å². The van der Waals surface area contributed by atoms with Crippen molar-refractivity contribution in [3.8, 4) is 17.2 Å². The second-order valence-corrected chi connectivity index (χ2v) is 10.6. The minimum Gasteiger partial charge on any atom is -0.484 e. The maximum Gasteiger partial charge on any atom is 0.261 e. The summed E-state index contributed by atoms with van der Waals surface area (Å²) in [5, 5.41) is 2.57. The molecule has 0 aliphatic carbocycles. The quantitative estimate of drug-likeness (QED) is 0.339. The highest BCUT2D eigenvalue weighted by Gasteiger charge is 2.27. The standard InChI is InChI=1S/C28H29ClN2O6S/c29-21-6-8-22(9-7-21)35-18-28(33)31(15-23-3-1-11-34-23)17-27(32)30(16-24-4-2-12-38-24)14-20-5-10-25-26(13-20)37-19-36-25/h2,4-10,12-13,23H,1,3,11,14-19H2. The third-order valence-corrected chi connectivity index (χ3v) is 7.51. The summed E-state index contributed by atoms with van der Waals surface area (Å²) in [7, 11) is 0. The molecule has 1 fully saturated rings. The van der Waals surface area contributed by atoms with Crippen molar-refractivity contribution in [2.24, 2.45) is 0 Å². The van der Waals surface area contributed by atoms with Gasteiger partial charge in [0.1, 0.15) is 5.75 Å². The molecule has 1 atom stereocenters. The number of benzene rings is 2. The number of halogens is 1. The van der Waals surface area contributed by atoms with Crippen LogP contribution in [-0.2, 0) is 27.4 Å². The Hall–Kier alpha value is -3.27. The van der Waals surface area contributed by atoms with E-state index < -0.39 is 0 Å². The van der Waals surface area contributed by atoms with E-state index in [-0.39, 0.29) is 37.9 Å². The zero-order valence-electron chi connectivity index (χ0n) is 20.8. The third-order valence-electron chi connectivity index (χ3n) is 6.39. The molecule has 3 heterocycles. The zero-order valence-corrected chi connectivity index (χ0v) is 22.4. The Kier molecular flexibility index (Phi) is 8.68. The predicted octanol–water partition coefficient (Wildman–Crippen LogP) is 4.75. The zero-order chi connectivity index (χ0) is 26.3. The van der Waals surface area contributed by atoms with Gasteiger partial charge in [0.25, 0.3) is 5.91 Å². The second-order valence-electron chi connectivity index (χ2n) is 9.17. The van der Waals surface area contributed by atoms with Crippen LogP contribution in [0.2, 0.25) is 5.02 Å². The number of hydrogen-bond acceptors (Lipinski definition) is 7. The lowest BCUT2D eigenvalue weighted by atomic mass is 10.1. The number of amides is 2. The van der Waals surface area contributed by atoms with Gasteiger partial charge in [0.05, 0.1) is 19.2 Å². The molecule has 0 radical (unpaired) electrons. The summed E-state index contributed by atoms with van der Waals surface area (Å²) in [6.07, 6.45) is 1.70. The molecule has 200 valence electrons. The lowest BCUT2D eigenvalue weighted by Crippen LogP contribution is -2.46. The van der Waals surface area contributed by atoms with Crippen molar-refractivity contribution in [2.75, 3.05) is 33.1 Å². The molecule has 2 amide bonds. The van der Waals surface area contributed by atoms with Crippen LogP contribution in [-0.4, -0.2) is 60.8 Å². The van der Waals surface area contributed by atoms with Crippen LogP contribution in [0.1, 0.15) is 23.3 Å². The molecule has 0 bridgehead atoms. The smallest absolute Gasteiger partial charge is 0.261 e. The van der Waals surface area contributed by atoms with Gasteiger partial charge in [-0.3, -0.25) is 9.59 Å². The molecule has 10 heteroatoms. The van der Waals surface area contributed by atoms with E-state index in [2.05, 4.69) is 0 Å². The molecule has 38 heavy (non-hydrogen) atoms. The summed E-state index contributed by atoms with van der Waals surface area (Å²) >= 11 is 7.53. The SMILES string of the molecule is O=C(CN(CC1CCCO1)C(=O)COc1ccc(Cl)cc1)N(Cc1ccc2c(c1)OCO2)Cc1cccs1. The average Bonchev–Trinajstić information content (AvgIpc) is 3.70. The number of fused-ring (bicyclic) bond motifs is 1. The van der Waals surface area contributed by atoms with Gasteiger partial charge in [-0.25, -0.2) is 0 Å². The summed E-state index contributed by atoms with van der Waals surface area (Å²) in [4.78, 5) is 31.3. The second kappa shape index (κ2) is 12.5. The van der Waals surface area contributed by atoms with Gasteiger partial charge >= 0.3 is 0 Å². The molecule has 8 nitrogen and oxygen atoms in total. The molecule has 1 aromatic heterocycles. The fourth-order valence-electron chi connectivity index (χ4n) is 4.40. The maximum absolute atomic E-state index is 13.7. The summed E-state index contributed by atoms with van der Waals surface area (Å²) in [5.74, 6) is 1.46. The summed E-state index contributed by atoms with van der Waals surface area (Å²) in [6.45, 7) is 1.75. The molecule has 2 aromatic carbocycles. The van der Waals surface area contributed by atoms with Gasteiger partial charge in [-0.05, 0) is 66.2 Å². The molecule has 2 aliphatic heterocycles. The molecule has 0 spiro atoms. The van der Waals surface area contributed by atoms with Gasteiger partial charge in [-0.15, -0.1) is 11.3 Å². The van der Waals surface area contributed by atoms with Crippen molar-refractivity contribution < 1.29 is 28.5 Å². The van der Waals surface area contributed by atoms with Gasteiger partial charge < -0.3 is 28.7 Å². The summed E-state index contributed by atoms with van der Waals surface area (Å²) in [6, 6.07) is 16.5. The van der Waals surface area contributed by atoms with Crippen molar-refractivity contribution in [1.82, 2.24) is 9.80 Å². The highest BCUT2D eigenvalue weighted by Crippen LogP contribution is 2.33. The van der Waals surface area contributed by atoms with Crippen LogP contribution < -0.4 is 14.2 Å². The van der Waals surface area contributed by atoms with E-state index in [9.17, 15) is 9.59 Å². The Labute approximate surface area is 230 Å². The van der Waals surface area contributed by atoms with Gasteiger partial charge in [0, 0.05) is 29.6 Å². The van der Waals surface area contributed by atoms with Gasteiger partial charge in [0.2, 0.25) is 12.7 Å². The van der Waals surface area contributed by atoms with E-state index in [1.54, 1.807) is 45.4 Å². The summed E-state index contributed by atoms with van der Waals surface area (Å²) < 4.78 is 22.4. The van der Waals surface area contributed by atoms with Crippen molar-refractivity contribution in [1.29, 1.82) is 0 Å². The summed E-state index contributed by atoms with van der Waals surface area (Å²) in [5.41, 5.74) is 0.919. The van der Waals surface area contributed by atoms with E-state index in [0.717, 1.165) is 23.3 Å². The highest BCUT2D eigenvalue weighted by molar-refractivity contribution is 7.09. The lowest BCUT2D eigenvalue weighted by molar-refractivity contribution is -0.143. The molecular weight excluding hydrogens is 528 g/mol. The molecule has 1 saturated heterocycles. The molecule has 0 N–H and O–H groups in total. The topological polar surface area (TPSA) is 77.5 Å². The number of nitrogens with zero attached hydrogens (tertiary/aromatic N) is 2. The monoisotopic (exact) mass is 556 g/mol. The van der Waals surface area contributed by atoms with Crippen LogP contribution >= 0.6 is 22.9 Å². The predicted molar refractivity (Wildman–Crippen MR) is 144 cm³/mol. The minimum atomic E-state index is -0.275. The fourth-order valence-corrected chi connectivity index (χ4v) is 5.25. The van der Waals surface area contributed by atoms with E-state index in [1.807, 2.05) is 35.7 Å². The number of thiophene rings is 1. The largest absolute Gasteiger partial charge is 0.484 e. The Bertz CT molecular complexity index is 1230. The van der Waals surface area contributed by atoms with Crippen LogP contribution in [0.3, 0.4) is 0 Å². The molecule has 3 aromatic rings. The Balaban J connectivity index is 1.29. The number of hydrogen-bond donors (Lipinski definition) is 0. The number of carbonyl (C=O) groups is 2. The fraction of sp³-hybridized carbons (Fsp3) is 0.357. The first kappa shape index (κ1) is 26.3. The molecule has 0 saturated carbocycles. The maximum atomic E-state index is 13.7. The van der Waals surface area contributed by atoms with Crippen LogP contribution in [0.15, 0.2) is 60.0 Å².